The second kappa shape index (κ2) is 7.98. The minimum Gasteiger partial charge on any atom is -0.497 e. The van der Waals surface area contributed by atoms with Crippen molar-refractivity contribution in [3.8, 4) is 5.75 Å². The number of hydrogen-bond donors (Lipinski definition) is 3. The average molecular weight is 312 g/mol. The number of ether oxygens (including phenoxy) is 1. The van der Waals surface area contributed by atoms with E-state index in [0.29, 0.717) is 17.7 Å². The maximum atomic E-state index is 13.3. The van der Waals surface area contributed by atoms with Crippen LogP contribution < -0.4 is 15.4 Å². The fourth-order valence-corrected chi connectivity index (χ4v) is 2.16. The highest BCUT2D eigenvalue weighted by atomic mass is 19.1. The summed E-state index contributed by atoms with van der Waals surface area (Å²) < 4.78 is 18.3. The molecule has 1 unspecified atom stereocenters. The Morgan fingerprint density at radius 3 is 2.59 bits per heavy atom. The molecule has 2 amide bonds. The number of urea groups is 1. The molecule has 0 radical (unpaired) electrons. The third kappa shape index (κ3) is 6.76. The lowest BCUT2D eigenvalue weighted by atomic mass is 9.88. The first kappa shape index (κ1) is 18.2. The molecular weight excluding hydrogens is 287 g/mol. The first-order chi connectivity index (χ1) is 10.2. The molecule has 6 heteroatoms. The molecule has 124 valence electrons. The maximum absolute atomic E-state index is 13.3. The van der Waals surface area contributed by atoms with E-state index >= 15 is 0 Å². The molecule has 5 nitrogen and oxygen atoms in total. The molecule has 0 aliphatic heterocycles. The Hall–Kier alpha value is -1.82. The van der Waals surface area contributed by atoms with Gasteiger partial charge < -0.3 is 20.5 Å². The molecule has 0 saturated carbocycles. The van der Waals surface area contributed by atoms with Gasteiger partial charge in [-0.25, -0.2) is 9.18 Å². The van der Waals surface area contributed by atoms with Crippen LogP contribution in [0.15, 0.2) is 18.2 Å². The molecule has 0 aromatic heterocycles. The Balaban J connectivity index is 2.53. The van der Waals surface area contributed by atoms with Gasteiger partial charge in [0.2, 0.25) is 0 Å². The molecule has 1 aromatic rings. The van der Waals surface area contributed by atoms with Gasteiger partial charge in [-0.2, -0.15) is 0 Å². The summed E-state index contributed by atoms with van der Waals surface area (Å²) in [6.45, 7) is 6.16. The quantitative estimate of drug-likeness (QED) is 0.755. The molecule has 0 aliphatic rings. The second-order valence-corrected chi connectivity index (χ2v) is 6.47. The van der Waals surface area contributed by atoms with Crippen molar-refractivity contribution in [2.45, 2.75) is 39.8 Å². The standard InChI is InChI=1S/C16H25FN2O3/c1-16(2,3)8-13(10-20)19-15(21)18-9-11-5-12(17)7-14(6-11)22-4/h5-7,13,20H,8-10H2,1-4H3,(H2,18,19,21). The Morgan fingerprint density at radius 2 is 2.05 bits per heavy atom. The Kier molecular flexibility index (Phi) is 6.61. The number of rotatable bonds is 6. The summed E-state index contributed by atoms with van der Waals surface area (Å²) >= 11 is 0. The predicted octanol–water partition coefficient (Wildman–Crippen LogP) is 2.43. The third-order valence-corrected chi connectivity index (χ3v) is 3.03. The van der Waals surface area contributed by atoms with Crippen LogP contribution in [0, 0.1) is 11.2 Å². The van der Waals surface area contributed by atoms with Gasteiger partial charge in [0.05, 0.1) is 19.8 Å². The van der Waals surface area contributed by atoms with Gasteiger partial charge in [0.15, 0.2) is 0 Å². The van der Waals surface area contributed by atoms with Crippen LogP contribution in [0.5, 0.6) is 5.75 Å². The zero-order valence-corrected chi connectivity index (χ0v) is 13.6. The Labute approximate surface area is 130 Å². The molecule has 1 aromatic carbocycles. The topological polar surface area (TPSA) is 70.6 Å². The van der Waals surface area contributed by atoms with E-state index in [9.17, 15) is 14.3 Å². The van der Waals surface area contributed by atoms with Crippen LogP contribution in [-0.2, 0) is 6.54 Å². The van der Waals surface area contributed by atoms with Crippen LogP contribution in [0.4, 0.5) is 9.18 Å². The highest BCUT2D eigenvalue weighted by molar-refractivity contribution is 5.74. The summed E-state index contributed by atoms with van der Waals surface area (Å²) in [5.41, 5.74) is 0.597. The second-order valence-electron chi connectivity index (χ2n) is 6.47. The number of carbonyl (C=O) groups is 1. The number of amides is 2. The summed E-state index contributed by atoms with van der Waals surface area (Å²) in [5, 5.41) is 14.7. The van der Waals surface area contributed by atoms with E-state index in [1.165, 1.54) is 19.2 Å². The maximum Gasteiger partial charge on any atom is 0.315 e. The highest BCUT2D eigenvalue weighted by Crippen LogP contribution is 2.20. The molecule has 3 N–H and O–H groups in total. The Morgan fingerprint density at radius 1 is 1.36 bits per heavy atom. The number of benzene rings is 1. The molecule has 0 fully saturated rings. The number of aliphatic hydroxyl groups excluding tert-OH is 1. The SMILES string of the molecule is COc1cc(F)cc(CNC(=O)NC(CO)CC(C)(C)C)c1. The highest BCUT2D eigenvalue weighted by Gasteiger charge is 2.19. The van der Waals surface area contributed by atoms with Gasteiger partial charge in [0, 0.05) is 12.6 Å². The fraction of sp³-hybridized carbons (Fsp3) is 0.562. The normalized spacial score (nSPS) is 12.6. The minimum atomic E-state index is -0.419. The summed E-state index contributed by atoms with van der Waals surface area (Å²) in [4.78, 5) is 11.9. The average Bonchev–Trinajstić information content (AvgIpc) is 2.42. The molecule has 22 heavy (non-hydrogen) atoms. The fourth-order valence-electron chi connectivity index (χ4n) is 2.16. The van der Waals surface area contributed by atoms with Crippen molar-refractivity contribution < 1.29 is 19.0 Å². The third-order valence-electron chi connectivity index (χ3n) is 3.03. The van der Waals surface area contributed by atoms with E-state index in [2.05, 4.69) is 10.6 Å². The van der Waals surface area contributed by atoms with E-state index in [4.69, 9.17) is 4.74 Å². The van der Waals surface area contributed by atoms with Gasteiger partial charge in [-0.05, 0) is 29.5 Å². The molecule has 0 aliphatic carbocycles. The first-order valence-corrected chi connectivity index (χ1v) is 7.22. The predicted molar refractivity (Wildman–Crippen MR) is 83.3 cm³/mol. The number of hydrogen-bond acceptors (Lipinski definition) is 3. The number of nitrogens with one attached hydrogen (secondary N) is 2. The van der Waals surface area contributed by atoms with Gasteiger partial charge in [0.25, 0.3) is 0 Å². The van der Waals surface area contributed by atoms with Gasteiger partial charge in [-0.15, -0.1) is 0 Å². The molecule has 0 spiro atoms. The van der Waals surface area contributed by atoms with Crippen LogP contribution in [0.25, 0.3) is 0 Å². The first-order valence-electron chi connectivity index (χ1n) is 7.22. The van der Waals surface area contributed by atoms with Gasteiger partial charge >= 0.3 is 6.03 Å². The van der Waals surface area contributed by atoms with E-state index in [1.807, 2.05) is 20.8 Å². The zero-order chi connectivity index (χ0) is 16.8. The zero-order valence-electron chi connectivity index (χ0n) is 13.6. The Bertz CT molecular complexity index is 501. The number of aliphatic hydroxyl groups is 1. The van der Waals surface area contributed by atoms with Crippen LogP contribution in [-0.4, -0.2) is 30.9 Å². The molecular formula is C16H25FN2O3. The number of halogens is 1. The van der Waals surface area contributed by atoms with Crippen LogP contribution in [0.1, 0.15) is 32.8 Å². The largest absolute Gasteiger partial charge is 0.497 e. The van der Waals surface area contributed by atoms with Crippen molar-refractivity contribution in [2.75, 3.05) is 13.7 Å². The lowest BCUT2D eigenvalue weighted by Gasteiger charge is -2.25. The minimum absolute atomic E-state index is 0.00337. The van der Waals surface area contributed by atoms with Crippen molar-refractivity contribution >= 4 is 6.03 Å². The van der Waals surface area contributed by atoms with E-state index in [-0.39, 0.29) is 24.6 Å². The van der Waals surface area contributed by atoms with Crippen molar-refractivity contribution in [3.05, 3.63) is 29.6 Å². The lowest BCUT2D eigenvalue weighted by molar-refractivity contribution is 0.190. The van der Waals surface area contributed by atoms with E-state index in [0.717, 1.165) is 0 Å². The summed E-state index contributed by atoms with van der Waals surface area (Å²) in [7, 11) is 1.46. The molecule has 1 atom stereocenters. The molecule has 0 bridgehead atoms. The number of carbonyl (C=O) groups excluding carboxylic acids is 1. The van der Waals surface area contributed by atoms with Crippen molar-refractivity contribution in [3.63, 3.8) is 0 Å². The summed E-state index contributed by atoms with van der Waals surface area (Å²) in [6, 6.07) is 3.55. The molecule has 0 heterocycles. The van der Waals surface area contributed by atoms with E-state index < -0.39 is 11.8 Å². The molecule has 1 rings (SSSR count). The summed E-state index contributed by atoms with van der Waals surface area (Å²) in [6.07, 6.45) is 0.657. The van der Waals surface area contributed by atoms with Crippen LogP contribution in [0.2, 0.25) is 0 Å². The van der Waals surface area contributed by atoms with Gasteiger partial charge in [-0.1, -0.05) is 20.8 Å². The van der Waals surface area contributed by atoms with Crippen molar-refractivity contribution in [1.82, 2.24) is 10.6 Å². The van der Waals surface area contributed by atoms with Crippen molar-refractivity contribution in [2.24, 2.45) is 5.41 Å². The number of methoxy groups -OCH3 is 1. The monoisotopic (exact) mass is 312 g/mol. The van der Waals surface area contributed by atoms with E-state index in [1.54, 1.807) is 6.07 Å². The molecule has 0 saturated heterocycles. The van der Waals surface area contributed by atoms with Crippen LogP contribution in [0.3, 0.4) is 0 Å². The van der Waals surface area contributed by atoms with Gasteiger partial charge in [0.1, 0.15) is 11.6 Å². The van der Waals surface area contributed by atoms with Crippen LogP contribution >= 0.6 is 0 Å². The van der Waals surface area contributed by atoms with Gasteiger partial charge in [-0.3, -0.25) is 0 Å². The summed E-state index contributed by atoms with van der Waals surface area (Å²) in [5.74, 6) is -0.0179. The smallest absolute Gasteiger partial charge is 0.315 e. The van der Waals surface area contributed by atoms with Crippen molar-refractivity contribution in [1.29, 1.82) is 0 Å². The lowest BCUT2D eigenvalue weighted by Crippen LogP contribution is -2.45.